The van der Waals surface area contributed by atoms with Gasteiger partial charge in [-0.15, -0.1) is 23.2 Å². The van der Waals surface area contributed by atoms with E-state index in [4.69, 9.17) is 27.9 Å². The Hall–Kier alpha value is 0.00688. The van der Waals surface area contributed by atoms with Crippen LogP contribution in [-0.4, -0.2) is 26.6 Å². The van der Waals surface area contributed by atoms with Crippen LogP contribution in [0.25, 0.3) is 0 Å². The van der Waals surface area contributed by atoms with Crippen LogP contribution in [0.15, 0.2) is 12.2 Å². The minimum atomic E-state index is -0.276. The number of carbonyl (C=O) groups is 1. The maximum absolute atomic E-state index is 11.8. The Morgan fingerprint density at radius 3 is 2.82 bits per heavy atom. The lowest BCUT2D eigenvalue weighted by molar-refractivity contribution is -0.149. The second kappa shape index (κ2) is 6.25. The van der Waals surface area contributed by atoms with Gasteiger partial charge in [0, 0.05) is 0 Å². The fourth-order valence-electron chi connectivity index (χ4n) is 2.61. The standard InChI is InChI=1S/C12H16Cl2O2Si/c13-12(14)17-5-1-4-16-11(15)10-7-8-2-3-9(10)6-8/h2-3,8-10,12H,1,4-7H2. The highest BCUT2D eigenvalue weighted by Gasteiger charge is 2.40. The zero-order valence-corrected chi connectivity index (χ0v) is 12.1. The van der Waals surface area contributed by atoms with Gasteiger partial charge in [0.1, 0.15) is 0 Å². The number of esters is 1. The fraction of sp³-hybridized carbons (Fsp3) is 0.750. The lowest BCUT2D eigenvalue weighted by Crippen LogP contribution is -2.22. The van der Waals surface area contributed by atoms with Gasteiger partial charge in [0.25, 0.3) is 0 Å². The summed E-state index contributed by atoms with van der Waals surface area (Å²) < 4.78 is 5.03. The number of rotatable bonds is 6. The molecule has 0 spiro atoms. The number of ether oxygens (including phenoxy) is 1. The zero-order chi connectivity index (χ0) is 12.3. The first-order chi connectivity index (χ1) is 8.16. The highest BCUT2D eigenvalue weighted by Crippen LogP contribution is 2.43. The Balaban J connectivity index is 1.60. The average molecular weight is 291 g/mol. The van der Waals surface area contributed by atoms with Crippen LogP contribution >= 0.6 is 23.2 Å². The molecule has 2 nitrogen and oxygen atoms in total. The molecule has 2 aliphatic rings. The van der Waals surface area contributed by atoms with E-state index in [1.807, 2.05) is 0 Å². The van der Waals surface area contributed by atoms with Crippen molar-refractivity contribution in [1.82, 2.24) is 0 Å². The van der Waals surface area contributed by atoms with Gasteiger partial charge in [-0.3, -0.25) is 4.79 Å². The van der Waals surface area contributed by atoms with Gasteiger partial charge in [-0.05, 0) is 31.1 Å². The first-order valence-corrected chi connectivity index (χ1v) is 8.19. The van der Waals surface area contributed by atoms with E-state index in [9.17, 15) is 4.79 Å². The Morgan fingerprint density at radius 1 is 1.41 bits per heavy atom. The molecule has 0 aromatic carbocycles. The van der Waals surface area contributed by atoms with Crippen molar-refractivity contribution >= 4 is 38.7 Å². The van der Waals surface area contributed by atoms with Crippen molar-refractivity contribution < 1.29 is 9.53 Å². The van der Waals surface area contributed by atoms with E-state index in [1.54, 1.807) is 0 Å². The van der Waals surface area contributed by atoms with Crippen LogP contribution in [0.3, 0.4) is 0 Å². The van der Waals surface area contributed by atoms with Crippen molar-refractivity contribution in [2.75, 3.05) is 6.61 Å². The van der Waals surface area contributed by atoms with Crippen LogP contribution in [0.1, 0.15) is 19.3 Å². The Morgan fingerprint density at radius 2 is 2.24 bits per heavy atom. The molecule has 2 bridgehead atoms. The van der Waals surface area contributed by atoms with E-state index in [0.29, 0.717) is 28.0 Å². The molecule has 17 heavy (non-hydrogen) atoms. The summed E-state index contributed by atoms with van der Waals surface area (Å²) in [5.74, 6) is 1.15. The summed E-state index contributed by atoms with van der Waals surface area (Å²) in [6, 6.07) is 0.932. The first-order valence-electron chi connectivity index (χ1n) is 6.03. The maximum atomic E-state index is 11.8. The van der Waals surface area contributed by atoms with E-state index in [2.05, 4.69) is 12.2 Å². The number of halogens is 2. The molecule has 0 aliphatic heterocycles. The van der Waals surface area contributed by atoms with Gasteiger partial charge < -0.3 is 4.74 Å². The van der Waals surface area contributed by atoms with Crippen LogP contribution < -0.4 is 0 Å². The van der Waals surface area contributed by atoms with Crippen molar-refractivity contribution in [3.8, 4) is 0 Å². The molecule has 0 amide bonds. The van der Waals surface area contributed by atoms with Crippen molar-refractivity contribution in [3.63, 3.8) is 0 Å². The molecule has 2 radical (unpaired) electrons. The van der Waals surface area contributed by atoms with Crippen LogP contribution in [0.4, 0.5) is 0 Å². The summed E-state index contributed by atoms with van der Waals surface area (Å²) in [6.07, 6.45) is 7.38. The summed E-state index contributed by atoms with van der Waals surface area (Å²) in [4.78, 5) is 11.8. The third-order valence-corrected chi connectivity index (χ3v) is 5.32. The molecular formula is C12H16Cl2O2Si. The van der Waals surface area contributed by atoms with Gasteiger partial charge in [-0.1, -0.05) is 18.2 Å². The van der Waals surface area contributed by atoms with Gasteiger partial charge >= 0.3 is 5.97 Å². The fourth-order valence-corrected chi connectivity index (χ4v) is 3.84. The van der Waals surface area contributed by atoms with Gasteiger partial charge in [-0.2, -0.15) is 0 Å². The molecule has 1 saturated carbocycles. The largest absolute Gasteiger partial charge is 0.465 e. The summed E-state index contributed by atoms with van der Waals surface area (Å²) in [7, 11) is 0.530. The molecule has 3 atom stereocenters. The molecule has 0 heterocycles. The smallest absolute Gasteiger partial charge is 0.309 e. The molecule has 1 fully saturated rings. The molecule has 2 rings (SSSR count). The average Bonchev–Trinajstić information content (AvgIpc) is 2.89. The first kappa shape index (κ1) is 13.4. The van der Waals surface area contributed by atoms with Crippen LogP contribution in [0.5, 0.6) is 0 Å². The monoisotopic (exact) mass is 290 g/mol. The minimum absolute atomic E-state index is 0.0153. The van der Waals surface area contributed by atoms with Gasteiger partial charge in [0.15, 0.2) is 0 Å². The molecule has 3 unspecified atom stereocenters. The molecule has 0 aromatic rings. The third-order valence-electron chi connectivity index (χ3n) is 3.45. The maximum Gasteiger partial charge on any atom is 0.309 e. The molecule has 94 valence electrons. The quantitative estimate of drug-likeness (QED) is 0.247. The van der Waals surface area contributed by atoms with Crippen molar-refractivity contribution in [2.24, 2.45) is 17.8 Å². The van der Waals surface area contributed by atoms with E-state index in [0.717, 1.165) is 25.3 Å². The van der Waals surface area contributed by atoms with Crippen molar-refractivity contribution in [3.05, 3.63) is 12.2 Å². The number of fused-ring (bicyclic) bond motifs is 2. The predicted octanol–water partition coefficient (Wildman–Crippen LogP) is 3.02. The number of carbonyl (C=O) groups excluding carboxylic acids is 1. The van der Waals surface area contributed by atoms with Crippen molar-refractivity contribution in [1.29, 1.82) is 0 Å². The molecule has 2 aliphatic carbocycles. The predicted molar refractivity (Wildman–Crippen MR) is 70.5 cm³/mol. The van der Waals surface area contributed by atoms with Gasteiger partial charge in [0.2, 0.25) is 0 Å². The summed E-state index contributed by atoms with van der Waals surface area (Å²) >= 11 is 11.3. The van der Waals surface area contributed by atoms with Crippen LogP contribution in [0.2, 0.25) is 6.04 Å². The van der Waals surface area contributed by atoms with Gasteiger partial charge in [0.05, 0.1) is 26.5 Å². The number of hydrogen-bond donors (Lipinski definition) is 0. The molecule has 0 saturated heterocycles. The highest BCUT2D eigenvalue weighted by atomic mass is 35.5. The van der Waals surface area contributed by atoms with E-state index in [-0.39, 0.29) is 16.3 Å². The van der Waals surface area contributed by atoms with E-state index < -0.39 is 0 Å². The molecular weight excluding hydrogens is 275 g/mol. The minimum Gasteiger partial charge on any atom is -0.465 e. The van der Waals surface area contributed by atoms with Crippen LogP contribution in [0, 0.1) is 17.8 Å². The second-order valence-electron chi connectivity index (χ2n) is 4.66. The summed E-state index contributed by atoms with van der Waals surface area (Å²) in [5, 5.41) is 0. The Kier molecular flexibility index (Phi) is 4.94. The molecule has 0 N–H and O–H groups in total. The highest BCUT2D eigenvalue weighted by molar-refractivity contribution is 6.68. The second-order valence-corrected chi connectivity index (χ2v) is 7.98. The number of allylic oxidation sites excluding steroid dienone is 2. The Bertz CT molecular complexity index is 307. The summed E-state index contributed by atoms with van der Waals surface area (Å²) in [6.45, 7) is 0.504. The topological polar surface area (TPSA) is 26.3 Å². The zero-order valence-electron chi connectivity index (χ0n) is 9.57. The lowest BCUT2D eigenvalue weighted by Gasteiger charge is -2.16. The lowest BCUT2D eigenvalue weighted by atomic mass is 9.94. The summed E-state index contributed by atoms with van der Waals surface area (Å²) in [5.41, 5.74) is 0. The van der Waals surface area contributed by atoms with Crippen molar-refractivity contribution in [2.45, 2.75) is 29.8 Å². The van der Waals surface area contributed by atoms with E-state index in [1.165, 1.54) is 0 Å². The molecule has 5 heteroatoms. The van der Waals surface area contributed by atoms with Gasteiger partial charge in [-0.25, -0.2) is 0 Å². The third kappa shape index (κ3) is 3.73. The number of hydrogen-bond acceptors (Lipinski definition) is 2. The Labute approximate surface area is 115 Å². The van der Waals surface area contributed by atoms with Crippen LogP contribution in [-0.2, 0) is 9.53 Å². The van der Waals surface area contributed by atoms with E-state index >= 15 is 0 Å². The SMILES string of the molecule is O=C(OCCC[Si]C(Cl)Cl)C1CC2C=CC1C2. The molecule has 0 aromatic heterocycles. The normalized spacial score (nSPS) is 30.2. The number of alkyl halides is 2.